The first-order valence-electron chi connectivity index (χ1n) is 8.20. The van der Waals surface area contributed by atoms with Crippen LogP contribution in [0.3, 0.4) is 0 Å². The molecule has 0 fully saturated rings. The summed E-state index contributed by atoms with van der Waals surface area (Å²) in [4.78, 5) is 12.0. The van der Waals surface area contributed by atoms with E-state index in [2.05, 4.69) is 39.0 Å². The normalized spacial score (nSPS) is 10.8. The second-order valence-electron chi connectivity index (χ2n) is 6.08. The lowest BCUT2D eigenvalue weighted by Gasteiger charge is -2.05. The number of unbranched alkanes of at least 4 members (excludes halogenated alkanes) is 6. The number of carbonyl (C=O) groups excluding carboxylic acids is 1. The smallest absolute Gasteiger partial charge is 0.137 e. The largest absolute Gasteiger partial charge is 0.299 e. The predicted octanol–water partition coefficient (Wildman–Crippen LogP) is 5.56. The Morgan fingerprint density at radius 1 is 0.850 bits per heavy atom. The topological polar surface area (TPSA) is 17.1 Å². The van der Waals surface area contributed by atoms with Crippen LogP contribution in [-0.2, 0) is 11.2 Å². The molecule has 0 atom stereocenters. The van der Waals surface area contributed by atoms with E-state index in [9.17, 15) is 4.79 Å². The third-order valence-electron chi connectivity index (χ3n) is 3.74. The first kappa shape index (κ1) is 16.9. The van der Waals surface area contributed by atoms with Gasteiger partial charge in [-0.15, -0.1) is 0 Å². The Morgan fingerprint density at radius 2 is 1.40 bits per heavy atom. The molecule has 1 nitrogen and oxygen atoms in total. The summed E-state index contributed by atoms with van der Waals surface area (Å²) in [6.45, 7) is 6.43. The maximum Gasteiger partial charge on any atom is 0.137 e. The van der Waals surface area contributed by atoms with Gasteiger partial charge in [-0.2, -0.15) is 0 Å². The van der Waals surface area contributed by atoms with Crippen molar-refractivity contribution < 1.29 is 4.79 Å². The highest BCUT2D eigenvalue weighted by Crippen LogP contribution is 2.12. The average molecular weight is 274 g/mol. The van der Waals surface area contributed by atoms with Crippen LogP contribution in [0.5, 0.6) is 0 Å². The van der Waals surface area contributed by atoms with E-state index in [1.807, 2.05) is 0 Å². The molecule has 1 aromatic carbocycles. The van der Waals surface area contributed by atoms with E-state index < -0.39 is 0 Å². The number of hydrogen-bond donors (Lipinski definition) is 0. The van der Waals surface area contributed by atoms with Gasteiger partial charge in [0.15, 0.2) is 0 Å². The lowest BCUT2D eigenvalue weighted by atomic mass is 10.00. The van der Waals surface area contributed by atoms with Crippen molar-refractivity contribution in [2.75, 3.05) is 0 Å². The zero-order valence-corrected chi connectivity index (χ0v) is 13.5. The quantitative estimate of drug-likeness (QED) is 0.511. The summed E-state index contributed by atoms with van der Waals surface area (Å²) >= 11 is 0. The molecule has 1 rings (SSSR count). The molecule has 0 unspecified atom stereocenters. The van der Waals surface area contributed by atoms with E-state index in [1.54, 1.807) is 0 Å². The summed E-state index contributed by atoms with van der Waals surface area (Å²) < 4.78 is 0. The van der Waals surface area contributed by atoms with Crippen molar-refractivity contribution in [3.63, 3.8) is 0 Å². The minimum absolute atomic E-state index is 0.392. The van der Waals surface area contributed by atoms with Crippen LogP contribution >= 0.6 is 0 Å². The van der Waals surface area contributed by atoms with Crippen molar-refractivity contribution in [3.8, 4) is 0 Å². The first-order chi connectivity index (χ1) is 9.61. The van der Waals surface area contributed by atoms with Crippen LogP contribution in [0, 0.1) is 13.8 Å². The number of benzene rings is 1. The molecular formula is C19H30O. The Hall–Kier alpha value is -1.11. The van der Waals surface area contributed by atoms with Gasteiger partial charge in [-0.25, -0.2) is 0 Å². The van der Waals surface area contributed by atoms with Gasteiger partial charge in [-0.3, -0.25) is 4.79 Å². The number of carbonyl (C=O) groups is 1. The van der Waals surface area contributed by atoms with Crippen molar-refractivity contribution in [2.24, 2.45) is 0 Å². The van der Waals surface area contributed by atoms with Gasteiger partial charge in [-0.1, -0.05) is 74.8 Å². The molecule has 0 heterocycles. The van der Waals surface area contributed by atoms with Crippen LogP contribution in [0.4, 0.5) is 0 Å². The van der Waals surface area contributed by atoms with Crippen LogP contribution in [0.15, 0.2) is 18.2 Å². The maximum atomic E-state index is 12.0. The van der Waals surface area contributed by atoms with Crippen LogP contribution in [0.25, 0.3) is 0 Å². The number of Topliss-reactive ketones (excluding diaryl/α,β-unsaturated/α-hetero) is 1. The lowest BCUT2D eigenvalue weighted by molar-refractivity contribution is -0.118. The van der Waals surface area contributed by atoms with Gasteiger partial charge in [0.1, 0.15) is 5.78 Å². The molecule has 0 spiro atoms. The highest BCUT2D eigenvalue weighted by Gasteiger charge is 2.04. The van der Waals surface area contributed by atoms with E-state index in [0.717, 1.165) is 12.8 Å². The highest BCUT2D eigenvalue weighted by molar-refractivity contribution is 5.80. The number of rotatable bonds is 10. The van der Waals surface area contributed by atoms with Gasteiger partial charge in [0, 0.05) is 12.8 Å². The Balaban J connectivity index is 2.17. The predicted molar refractivity (Wildman–Crippen MR) is 87.2 cm³/mol. The van der Waals surface area contributed by atoms with Crippen molar-refractivity contribution in [1.82, 2.24) is 0 Å². The van der Waals surface area contributed by atoms with E-state index >= 15 is 0 Å². The molecule has 1 aromatic rings. The fraction of sp³-hybridized carbons (Fsp3) is 0.632. The Kier molecular flexibility index (Phi) is 8.25. The van der Waals surface area contributed by atoms with Gasteiger partial charge < -0.3 is 0 Å². The van der Waals surface area contributed by atoms with Crippen LogP contribution in [-0.4, -0.2) is 5.78 Å². The van der Waals surface area contributed by atoms with E-state index in [4.69, 9.17) is 0 Å². The molecule has 0 aliphatic heterocycles. The van der Waals surface area contributed by atoms with Crippen molar-refractivity contribution in [1.29, 1.82) is 0 Å². The minimum Gasteiger partial charge on any atom is -0.299 e. The minimum atomic E-state index is 0.392. The number of ketones is 1. The second kappa shape index (κ2) is 9.74. The summed E-state index contributed by atoms with van der Waals surface area (Å²) in [5.41, 5.74) is 3.68. The SMILES string of the molecule is CCCCCCCCCC(=O)Cc1cc(C)cc(C)c1. The molecule has 0 bridgehead atoms. The summed E-state index contributed by atoms with van der Waals surface area (Å²) in [6, 6.07) is 6.43. The monoisotopic (exact) mass is 274 g/mol. The summed E-state index contributed by atoms with van der Waals surface area (Å²) in [7, 11) is 0. The van der Waals surface area contributed by atoms with Crippen molar-refractivity contribution >= 4 is 5.78 Å². The molecule has 0 saturated carbocycles. The van der Waals surface area contributed by atoms with Crippen LogP contribution in [0.2, 0.25) is 0 Å². The van der Waals surface area contributed by atoms with Crippen molar-refractivity contribution in [3.05, 3.63) is 34.9 Å². The zero-order chi connectivity index (χ0) is 14.8. The zero-order valence-electron chi connectivity index (χ0n) is 13.5. The average Bonchev–Trinajstić information content (AvgIpc) is 2.36. The van der Waals surface area contributed by atoms with Gasteiger partial charge >= 0.3 is 0 Å². The van der Waals surface area contributed by atoms with Gasteiger partial charge in [0.25, 0.3) is 0 Å². The molecule has 1 heteroatoms. The highest BCUT2D eigenvalue weighted by atomic mass is 16.1. The van der Waals surface area contributed by atoms with E-state index in [1.165, 1.54) is 55.2 Å². The molecule has 0 saturated heterocycles. The molecule has 0 aliphatic carbocycles. The van der Waals surface area contributed by atoms with Gasteiger partial charge in [0.2, 0.25) is 0 Å². The van der Waals surface area contributed by atoms with Crippen molar-refractivity contribution in [2.45, 2.75) is 78.6 Å². The van der Waals surface area contributed by atoms with Crippen LogP contribution < -0.4 is 0 Å². The fourth-order valence-corrected chi connectivity index (χ4v) is 2.77. The van der Waals surface area contributed by atoms with Gasteiger partial charge in [0.05, 0.1) is 0 Å². The lowest BCUT2D eigenvalue weighted by Crippen LogP contribution is -2.03. The molecule has 112 valence electrons. The molecule has 20 heavy (non-hydrogen) atoms. The van der Waals surface area contributed by atoms with E-state index in [-0.39, 0.29) is 0 Å². The Bertz CT molecular complexity index is 386. The number of aryl methyl sites for hydroxylation is 2. The fourth-order valence-electron chi connectivity index (χ4n) is 2.77. The maximum absolute atomic E-state index is 12.0. The van der Waals surface area contributed by atoms with Crippen LogP contribution in [0.1, 0.15) is 75.0 Å². The third-order valence-corrected chi connectivity index (χ3v) is 3.74. The number of hydrogen-bond acceptors (Lipinski definition) is 1. The molecular weight excluding hydrogens is 244 g/mol. The summed E-state index contributed by atoms with van der Waals surface area (Å²) in [5, 5.41) is 0. The molecule has 0 N–H and O–H groups in total. The Labute approximate surface area is 124 Å². The third kappa shape index (κ3) is 7.47. The molecule has 0 amide bonds. The summed E-state index contributed by atoms with van der Waals surface area (Å²) in [5.74, 6) is 0.392. The Morgan fingerprint density at radius 3 is 2.00 bits per heavy atom. The standard InChI is InChI=1S/C19H30O/c1-4-5-6-7-8-9-10-11-19(20)15-18-13-16(2)12-17(3)14-18/h12-14H,4-11,15H2,1-3H3. The first-order valence-corrected chi connectivity index (χ1v) is 8.20. The summed E-state index contributed by atoms with van der Waals surface area (Å²) in [6.07, 6.45) is 10.3. The van der Waals surface area contributed by atoms with Gasteiger partial charge in [-0.05, 0) is 25.8 Å². The van der Waals surface area contributed by atoms with E-state index in [0.29, 0.717) is 12.2 Å². The molecule has 0 radical (unpaired) electrons. The molecule has 0 aliphatic rings. The molecule has 0 aromatic heterocycles. The second-order valence-corrected chi connectivity index (χ2v) is 6.08.